The van der Waals surface area contributed by atoms with E-state index in [1.54, 1.807) is 0 Å². The van der Waals surface area contributed by atoms with Crippen LogP contribution in [-0.2, 0) is 9.24 Å². The summed E-state index contributed by atoms with van der Waals surface area (Å²) in [6.45, 7) is 0. The fourth-order valence-corrected chi connectivity index (χ4v) is 0. The van der Waals surface area contributed by atoms with Crippen LogP contribution in [0.25, 0.3) is 0 Å². The van der Waals surface area contributed by atoms with Crippen LogP contribution in [0.3, 0.4) is 0 Å². The molecule has 6 heteroatoms. The van der Waals surface area contributed by atoms with E-state index in [1.165, 1.54) is 0 Å². The van der Waals surface area contributed by atoms with Gasteiger partial charge in [0.25, 0.3) is 9.24 Å². The molecule has 0 amide bonds. The molecule has 3 nitrogen and oxygen atoms in total. The van der Waals surface area contributed by atoms with Crippen molar-refractivity contribution in [2.75, 3.05) is 0 Å². The maximum absolute atomic E-state index is 9.18. The van der Waals surface area contributed by atoms with Crippen LogP contribution in [0.4, 0.5) is 0 Å². The summed E-state index contributed by atoms with van der Waals surface area (Å²) in [4.78, 5) is 0. The maximum Gasteiger partial charge on any atom is 1.00 e. The Morgan fingerprint density at radius 3 is 1.67 bits per heavy atom. The molecule has 34 valence electrons. The van der Waals surface area contributed by atoms with Crippen molar-refractivity contribution in [2.45, 2.75) is 0 Å². The first-order valence-corrected chi connectivity index (χ1v) is 3.10. The molecule has 2 N–H and O–H groups in total. The standard InChI is InChI=1S/ClH2NO2S.Na.H/c1-5(2,3)4;;/h(H2,2,3,4);;/q;+1;-1. The maximum atomic E-state index is 9.18. The fourth-order valence-electron chi connectivity index (χ4n) is 0. The first-order valence-electron chi connectivity index (χ1n) is 0.723. The fraction of sp³-hybridized carbons (Fsp3) is 0. The second kappa shape index (κ2) is 3.23. The SMILES string of the molecule is NS(=O)(=O)Cl.[H-].[Na+]. The Bertz CT molecular complexity index is 101. The largest absolute Gasteiger partial charge is 1.00 e. The van der Waals surface area contributed by atoms with Gasteiger partial charge in [-0.15, -0.1) is 0 Å². The summed E-state index contributed by atoms with van der Waals surface area (Å²) in [5.41, 5.74) is 0. The molecule has 0 aromatic heterocycles. The van der Waals surface area contributed by atoms with E-state index in [9.17, 15) is 8.42 Å². The van der Waals surface area contributed by atoms with E-state index in [0.717, 1.165) is 0 Å². The van der Waals surface area contributed by atoms with Gasteiger partial charge in [0.15, 0.2) is 0 Å². The number of hydrogen-bond acceptors (Lipinski definition) is 2. The molecular formula is H3ClNNaO2S. The van der Waals surface area contributed by atoms with Crippen molar-refractivity contribution in [3.05, 3.63) is 0 Å². The topological polar surface area (TPSA) is 60.2 Å². The Kier molecular flexibility index (Phi) is 5.52. The van der Waals surface area contributed by atoms with Crippen molar-refractivity contribution < 1.29 is 39.4 Å². The Balaban J connectivity index is -0.0000000800. The minimum atomic E-state index is -3.69. The van der Waals surface area contributed by atoms with Crippen LogP contribution in [-0.4, -0.2) is 8.42 Å². The van der Waals surface area contributed by atoms with E-state index in [4.69, 9.17) is 0 Å². The second-order valence-corrected chi connectivity index (χ2v) is 2.72. The van der Waals surface area contributed by atoms with Crippen LogP contribution in [0, 0.1) is 0 Å². The van der Waals surface area contributed by atoms with Gasteiger partial charge in [-0.2, -0.15) is 8.42 Å². The Labute approximate surface area is 64.2 Å². The molecule has 0 saturated carbocycles. The van der Waals surface area contributed by atoms with E-state index in [-0.39, 0.29) is 31.0 Å². The van der Waals surface area contributed by atoms with Crippen LogP contribution < -0.4 is 34.7 Å². The van der Waals surface area contributed by atoms with Crippen LogP contribution in [0.1, 0.15) is 1.43 Å². The van der Waals surface area contributed by atoms with E-state index < -0.39 is 9.24 Å². The molecule has 0 aromatic carbocycles. The van der Waals surface area contributed by atoms with Gasteiger partial charge in [-0.3, -0.25) is 0 Å². The molecule has 0 saturated heterocycles. The number of rotatable bonds is 0. The zero-order valence-electron chi connectivity index (χ0n) is 4.18. The molecule has 0 atom stereocenters. The van der Waals surface area contributed by atoms with Crippen molar-refractivity contribution in [1.29, 1.82) is 0 Å². The molecule has 0 aliphatic rings. The van der Waals surface area contributed by atoms with Gasteiger partial charge in [0.1, 0.15) is 0 Å². The molecule has 0 bridgehead atoms. The first-order chi connectivity index (χ1) is 2.00. The average molecular weight is 140 g/mol. The molecule has 0 fully saturated rings. The van der Waals surface area contributed by atoms with Crippen LogP contribution in [0.5, 0.6) is 0 Å². The molecule has 0 aliphatic carbocycles. The van der Waals surface area contributed by atoms with Gasteiger partial charge < -0.3 is 1.43 Å². The second-order valence-electron chi connectivity index (χ2n) is 0.476. The van der Waals surface area contributed by atoms with Crippen molar-refractivity contribution in [1.82, 2.24) is 0 Å². The molecule has 0 rings (SSSR count). The van der Waals surface area contributed by atoms with Gasteiger partial charge in [0.2, 0.25) is 0 Å². The predicted octanol–water partition coefficient (Wildman–Crippen LogP) is -3.45. The van der Waals surface area contributed by atoms with Gasteiger partial charge >= 0.3 is 29.6 Å². The van der Waals surface area contributed by atoms with Gasteiger partial charge in [-0.25, -0.2) is 5.14 Å². The molecule has 6 heavy (non-hydrogen) atoms. The summed E-state index contributed by atoms with van der Waals surface area (Å²) in [5, 5.41) is 4.09. The zero-order valence-corrected chi connectivity index (χ0v) is 6.75. The summed E-state index contributed by atoms with van der Waals surface area (Å²) in [5.74, 6) is 0. The molecule has 0 unspecified atom stereocenters. The number of halogens is 1. The molecular weight excluding hydrogens is 137 g/mol. The van der Waals surface area contributed by atoms with Crippen LogP contribution >= 0.6 is 10.7 Å². The van der Waals surface area contributed by atoms with Crippen molar-refractivity contribution in [3.63, 3.8) is 0 Å². The van der Waals surface area contributed by atoms with E-state index >= 15 is 0 Å². The minimum Gasteiger partial charge on any atom is -1.00 e. The molecule has 0 aromatic rings. The van der Waals surface area contributed by atoms with Crippen molar-refractivity contribution in [2.24, 2.45) is 5.14 Å². The summed E-state index contributed by atoms with van der Waals surface area (Å²) in [7, 11) is 0.586. The summed E-state index contributed by atoms with van der Waals surface area (Å²) in [6.07, 6.45) is 0. The van der Waals surface area contributed by atoms with Crippen LogP contribution in [0.2, 0.25) is 0 Å². The quantitative estimate of drug-likeness (QED) is 0.280. The van der Waals surface area contributed by atoms with Gasteiger partial charge in [-0.1, -0.05) is 0 Å². The normalized spacial score (nSPS) is 9.67. The summed E-state index contributed by atoms with van der Waals surface area (Å²) >= 11 is 0. The van der Waals surface area contributed by atoms with E-state index in [1.807, 2.05) is 0 Å². The third-order valence-corrected chi connectivity index (χ3v) is 0. The molecule has 0 radical (unpaired) electrons. The third kappa shape index (κ3) is 63.7. The van der Waals surface area contributed by atoms with Crippen LogP contribution in [0.15, 0.2) is 0 Å². The smallest absolute Gasteiger partial charge is 1.00 e. The molecule has 0 heterocycles. The minimum absolute atomic E-state index is 0. The van der Waals surface area contributed by atoms with Crippen molar-refractivity contribution >= 4 is 19.9 Å². The third-order valence-electron chi connectivity index (χ3n) is 0. The Morgan fingerprint density at radius 1 is 1.67 bits per heavy atom. The number of nitrogens with two attached hydrogens (primary N) is 1. The Morgan fingerprint density at radius 2 is 1.67 bits per heavy atom. The predicted molar refractivity (Wildman–Crippen MR) is 20.1 cm³/mol. The average Bonchev–Trinajstić information content (AvgIpc) is 0.722. The molecule has 0 aliphatic heterocycles. The van der Waals surface area contributed by atoms with E-state index in [0.29, 0.717) is 0 Å². The van der Waals surface area contributed by atoms with Gasteiger partial charge in [0.05, 0.1) is 0 Å². The Hall–Kier alpha value is 1.20. The number of hydrogen-bond donors (Lipinski definition) is 1. The van der Waals surface area contributed by atoms with Gasteiger partial charge in [0, 0.05) is 10.7 Å². The monoisotopic (exact) mass is 139 g/mol. The molecule has 0 spiro atoms. The summed E-state index contributed by atoms with van der Waals surface area (Å²) in [6, 6.07) is 0. The first kappa shape index (κ1) is 10.2. The van der Waals surface area contributed by atoms with Gasteiger partial charge in [-0.05, 0) is 0 Å². The van der Waals surface area contributed by atoms with Crippen molar-refractivity contribution in [3.8, 4) is 0 Å². The van der Waals surface area contributed by atoms with E-state index in [2.05, 4.69) is 15.8 Å². The zero-order chi connectivity index (χ0) is 4.50. The summed E-state index contributed by atoms with van der Waals surface area (Å²) < 4.78 is 18.4.